The van der Waals surface area contributed by atoms with E-state index in [1.807, 2.05) is 0 Å². The summed E-state index contributed by atoms with van der Waals surface area (Å²) in [6.45, 7) is 11.3. The van der Waals surface area contributed by atoms with Crippen molar-refractivity contribution in [3.63, 3.8) is 0 Å². The van der Waals surface area contributed by atoms with Gasteiger partial charge in [-0.15, -0.1) is 0 Å². The molecule has 0 N–H and O–H groups in total. The second-order valence-corrected chi connectivity index (χ2v) is 8.22. The van der Waals surface area contributed by atoms with Crippen LogP contribution in [0.2, 0.25) is 0 Å². The van der Waals surface area contributed by atoms with Gasteiger partial charge in [-0.1, -0.05) is 20.8 Å². The zero-order valence-electron chi connectivity index (χ0n) is 16.3. The monoisotopic (exact) mass is 383 g/mol. The van der Waals surface area contributed by atoms with Crippen LogP contribution >= 0.6 is 0 Å². The van der Waals surface area contributed by atoms with Crippen molar-refractivity contribution in [3.8, 4) is 5.75 Å². The summed E-state index contributed by atoms with van der Waals surface area (Å²) in [4.78, 5) is 0. The van der Waals surface area contributed by atoms with Gasteiger partial charge < -0.3 is 9.44 Å². The van der Waals surface area contributed by atoms with E-state index >= 15 is 0 Å². The van der Waals surface area contributed by atoms with Crippen LogP contribution in [0.25, 0.3) is 5.57 Å². The molecule has 0 atom stereocenters. The SMILES string of the molecule is CC1=c2cc3c4c(c2OC(C(C)(C)C)=C1)CCC[N+]=4CCC3.FB(F)F.[F-]. The van der Waals surface area contributed by atoms with Crippen molar-refractivity contribution < 1.29 is 22.4 Å². The van der Waals surface area contributed by atoms with Crippen LogP contribution < -0.4 is 24.6 Å². The first-order chi connectivity index (χ1) is 12.2. The molecule has 2 nitrogen and oxygen atoms in total. The summed E-state index contributed by atoms with van der Waals surface area (Å²) < 4.78 is 38.0. The number of rotatable bonds is 0. The van der Waals surface area contributed by atoms with Crippen LogP contribution in [0.5, 0.6) is 5.75 Å². The van der Waals surface area contributed by atoms with Gasteiger partial charge in [-0.2, -0.15) is 0 Å². The molecule has 0 saturated carbocycles. The Morgan fingerprint density at radius 1 is 1.07 bits per heavy atom. The third kappa shape index (κ3) is 4.38. The molecule has 1 aromatic carbocycles. The lowest BCUT2D eigenvalue weighted by molar-refractivity contribution is -0.00000889. The minimum atomic E-state index is -3.67. The molecule has 1 aromatic rings. The smallest absolute Gasteiger partial charge is 0.762 e. The van der Waals surface area contributed by atoms with Crippen molar-refractivity contribution in [3.05, 3.63) is 39.6 Å². The molecule has 148 valence electrons. The van der Waals surface area contributed by atoms with Crippen LogP contribution in [-0.2, 0) is 12.8 Å². The first-order valence-corrected chi connectivity index (χ1v) is 9.28. The third-order valence-electron chi connectivity index (χ3n) is 5.20. The van der Waals surface area contributed by atoms with Gasteiger partial charge in [-0.25, -0.2) is 4.58 Å². The van der Waals surface area contributed by atoms with E-state index in [1.165, 1.54) is 59.6 Å². The molecule has 0 saturated heterocycles. The Labute approximate surface area is 158 Å². The molecule has 7 heteroatoms. The van der Waals surface area contributed by atoms with Gasteiger partial charge in [0.2, 0.25) is 5.36 Å². The van der Waals surface area contributed by atoms with Crippen molar-refractivity contribution in [1.29, 1.82) is 0 Å². The lowest BCUT2D eigenvalue weighted by Crippen LogP contribution is -3.00. The predicted octanol–water partition coefficient (Wildman–Crippen LogP) is 0.447. The number of benzene rings is 1. The topological polar surface area (TPSA) is 12.2 Å². The average Bonchev–Trinajstić information content (AvgIpc) is 2.55. The summed E-state index contributed by atoms with van der Waals surface area (Å²) in [5, 5.41) is 2.82. The van der Waals surface area contributed by atoms with Crippen LogP contribution in [-0.4, -0.2) is 20.6 Å². The summed E-state index contributed by atoms with van der Waals surface area (Å²) in [5.74, 6) is 2.25. The molecule has 3 aliphatic rings. The maximum Gasteiger partial charge on any atom is 0.762 e. The Morgan fingerprint density at radius 2 is 1.67 bits per heavy atom. The van der Waals surface area contributed by atoms with E-state index in [2.05, 4.69) is 44.4 Å². The van der Waals surface area contributed by atoms with E-state index in [0.717, 1.165) is 17.9 Å². The molecule has 0 amide bonds. The quantitative estimate of drug-likeness (QED) is 0.360. The van der Waals surface area contributed by atoms with E-state index < -0.39 is 7.54 Å². The van der Waals surface area contributed by atoms with Gasteiger partial charge in [0, 0.05) is 29.0 Å². The normalized spacial score (nSPS) is 17.4. The molecule has 0 bridgehead atoms. The number of hydrogen-bond donors (Lipinski definition) is 0. The number of hydrogen-bond acceptors (Lipinski definition) is 1. The molecule has 0 spiro atoms. The Kier molecular flexibility index (Phi) is 6.43. The van der Waals surface area contributed by atoms with Gasteiger partial charge in [-0.05, 0) is 37.5 Å². The van der Waals surface area contributed by atoms with Crippen LogP contribution in [0.4, 0.5) is 12.9 Å². The third-order valence-corrected chi connectivity index (χ3v) is 5.20. The van der Waals surface area contributed by atoms with E-state index in [9.17, 15) is 12.9 Å². The lowest BCUT2D eigenvalue weighted by atomic mass is 9.88. The molecule has 0 fully saturated rings. The highest BCUT2D eigenvalue weighted by molar-refractivity contribution is 6.33. The summed E-state index contributed by atoms with van der Waals surface area (Å²) in [5.41, 5.74) is 4.41. The van der Waals surface area contributed by atoms with Gasteiger partial charge in [0.05, 0.1) is 5.56 Å². The number of fused-ring (bicyclic) bond motifs is 2. The fourth-order valence-corrected chi connectivity index (χ4v) is 4.02. The molecule has 3 heterocycles. The summed E-state index contributed by atoms with van der Waals surface area (Å²) in [6, 6.07) is 2.40. The highest BCUT2D eigenvalue weighted by Gasteiger charge is 2.30. The molecule has 27 heavy (non-hydrogen) atoms. The molecular formula is C20H26BF4NO. The fourth-order valence-electron chi connectivity index (χ4n) is 4.02. The van der Waals surface area contributed by atoms with Crippen LogP contribution in [0, 0.1) is 5.41 Å². The van der Waals surface area contributed by atoms with E-state index in [1.54, 1.807) is 0 Å². The number of ether oxygens (including phenoxy) is 1. The second kappa shape index (κ2) is 8.07. The lowest BCUT2D eigenvalue weighted by Gasteiger charge is -2.29. The minimum Gasteiger partial charge on any atom is -1.00 e. The van der Waals surface area contributed by atoms with Gasteiger partial charge >= 0.3 is 7.54 Å². The maximum atomic E-state index is 9.67. The predicted molar refractivity (Wildman–Crippen MR) is 99.6 cm³/mol. The number of aryl methyl sites for hydroxylation is 1. The Morgan fingerprint density at radius 3 is 2.26 bits per heavy atom. The van der Waals surface area contributed by atoms with Crippen LogP contribution in [0.3, 0.4) is 0 Å². The average molecular weight is 383 g/mol. The molecule has 4 rings (SSSR count). The first-order valence-electron chi connectivity index (χ1n) is 9.28. The molecule has 0 aliphatic carbocycles. The van der Waals surface area contributed by atoms with Crippen molar-refractivity contribution in [2.75, 3.05) is 13.1 Å². The number of nitrogens with zero attached hydrogens (tertiary/aromatic N) is 1. The number of halogens is 4. The standard InChI is InChI=1S/C20H26NO.BF3.FH/c1-13-11-17(20(2,3)4)22-19-15-8-6-10-21-9-5-7-14(18(15)21)12-16(13)19;2-1(3)4;/h11-12H,5-10H2,1-4H3;;1H/q+1;;/p-1. The Hall–Kier alpha value is -1.79. The van der Waals surface area contributed by atoms with E-state index in [4.69, 9.17) is 4.74 Å². The van der Waals surface area contributed by atoms with Crippen LogP contribution in [0.1, 0.15) is 51.7 Å². The Balaban J connectivity index is 0.000000479. The molecule has 0 radical (unpaired) electrons. The fraction of sp³-hybridized carbons (Fsp3) is 0.550. The molecule has 0 unspecified atom stereocenters. The van der Waals surface area contributed by atoms with Crippen molar-refractivity contribution >= 4 is 13.1 Å². The highest BCUT2D eigenvalue weighted by atomic mass is 19.4. The summed E-state index contributed by atoms with van der Waals surface area (Å²) >= 11 is 0. The largest absolute Gasteiger partial charge is 1.00 e. The zero-order chi connectivity index (χ0) is 19.1. The molecular weight excluding hydrogens is 357 g/mol. The van der Waals surface area contributed by atoms with Crippen LogP contribution in [0.15, 0.2) is 17.9 Å². The van der Waals surface area contributed by atoms with Gasteiger partial charge in [0.25, 0.3) is 0 Å². The van der Waals surface area contributed by atoms with Gasteiger partial charge in [0.1, 0.15) is 24.6 Å². The first kappa shape index (κ1) is 21.5. The van der Waals surface area contributed by atoms with Crippen molar-refractivity contribution in [1.82, 2.24) is 4.58 Å². The van der Waals surface area contributed by atoms with Gasteiger partial charge in [0.15, 0.2) is 0 Å². The molecule has 3 aliphatic heterocycles. The van der Waals surface area contributed by atoms with Crippen molar-refractivity contribution in [2.45, 2.75) is 53.4 Å². The minimum absolute atomic E-state index is 0. The summed E-state index contributed by atoms with van der Waals surface area (Å²) in [6.07, 6.45) is 7.15. The Bertz CT molecular complexity index is 865. The highest BCUT2D eigenvalue weighted by Crippen LogP contribution is 2.32. The van der Waals surface area contributed by atoms with E-state index in [0.29, 0.717) is 0 Å². The zero-order valence-corrected chi connectivity index (χ0v) is 16.3. The van der Waals surface area contributed by atoms with E-state index in [-0.39, 0.29) is 10.1 Å². The maximum absolute atomic E-state index is 9.67. The second-order valence-electron chi connectivity index (χ2n) is 8.22. The molecule has 0 aromatic heterocycles. The van der Waals surface area contributed by atoms with Gasteiger partial charge in [-0.3, -0.25) is 12.9 Å². The number of allylic oxidation sites excluding steroid dienone is 2. The van der Waals surface area contributed by atoms with Crippen molar-refractivity contribution in [2.24, 2.45) is 5.41 Å². The summed E-state index contributed by atoms with van der Waals surface area (Å²) in [7, 11) is -3.67.